The van der Waals surface area contributed by atoms with Crippen molar-refractivity contribution < 1.29 is 9.84 Å². The van der Waals surface area contributed by atoms with Gasteiger partial charge in [-0.1, -0.05) is 6.07 Å². The zero-order chi connectivity index (χ0) is 12.3. The summed E-state index contributed by atoms with van der Waals surface area (Å²) in [5, 5.41) is 13.5. The van der Waals surface area contributed by atoms with Crippen molar-refractivity contribution in [3.05, 3.63) is 23.3 Å². The maximum absolute atomic E-state index is 10.1. The smallest absolute Gasteiger partial charge is 0.162 e. The Hall–Kier alpha value is -1.26. The van der Waals surface area contributed by atoms with Crippen molar-refractivity contribution in [3.63, 3.8) is 0 Å². The van der Waals surface area contributed by atoms with Crippen molar-refractivity contribution in [2.24, 2.45) is 0 Å². The van der Waals surface area contributed by atoms with Gasteiger partial charge in [0.25, 0.3) is 0 Å². The number of methoxy groups -OCH3 is 1. The number of ether oxygens (including phenoxy) is 1. The van der Waals surface area contributed by atoms with E-state index in [2.05, 4.69) is 10.2 Å². The second-order valence-corrected chi connectivity index (χ2v) is 4.44. The van der Waals surface area contributed by atoms with Crippen LogP contribution in [-0.2, 0) is 6.54 Å². The Morgan fingerprint density at radius 3 is 2.71 bits per heavy atom. The fraction of sp³-hybridized carbons (Fsp3) is 0.538. The summed E-state index contributed by atoms with van der Waals surface area (Å²) < 4.78 is 5.15. The Morgan fingerprint density at radius 2 is 2.06 bits per heavy atom. The summed E-state index contributed by atoms with van der Waals surface area (Å²) in [5.74, 6) is 0.840. The Bertz CT molecular complexity index is 387. The summed E-state index contributed by atoms with van der Waals surface area (Å²) in [4.78, 5) is 2.35. The highest BCUT2D eigenvalue weighted by Gasteiger charge is 2.16. The summed E-state index contributed by atoms with van der Waals surface area (Å²) >= 11 is 0. The first kappa shape index (κ1) is 12.2. The summed E-state index contributed by atoms with van der Waals surface area (Å²) in [7, 11) is 1.58. The minimum absolute atomic E-state index is 0.283. The van der Waals surface area contributed by atoms with Crippen LogP contribution in [0.15, 0.2) is 12.1 Å². The summed E-state index contributed by atoms with van der Waals surface area (Å²) in [6, 6.07) is 3.81. The van der Waals surface area contributed by atoms with Crippen molar-refractivity contribution >= 4 is 0 Å². The minimum Gasteiger partial charge on any atom is -0.504 e. The van der Waals surface area contributed by atoms with E-state index in [-0.39, 0.29) is 5.75 Å². The average molecular weight is 236 g/mol. The maximum Gasteiger partial charge on any atom is 0.162 e. The lowest BCUT2D eigenvalue weighted by Crippen LogP contribution is -2.43. The van der Waals surface area contributed by atoms with Crippen molar-refractivity contribution in [2.45, 2.75) is 13.5 Å². The number of hydrogen-bond donors (Lipinski definition) is 2. The van der Waals surface area contributed by atoms with E-state index in [4.69, 9.17) is 4.74 Å². The van der Waals surface area contributed by atoms with E-state index in [1.54, 1.807) is 7.11 Å². The molecule has 1 saturated heterocycles. The molecule has 0 unspecified atom stereocenters. The molecule has 1 heterocycles. The fourth-order valence-electron chi connectivity index (χ4n) is 2.17. The third-order valence-corrected chi connectivity index (χ3v) is 3.29. The molecular weight excluding hydrogens is 216 g/mol. The van der Waals surface area contributed by atoms with E-state index < -0.39 is 0 Å². The second kappa shape index (κ2) is 5.38. The highest BCUT2D eigenvalue weighted by Crippen LogP contribution is 2.32. The number of phenols is 1. The molecule has 4 heteroatoms. The van der Waals surface area contributed by atoms with Gasteiger partial charge in [0, 0.05) is 38.3 Å². The molecule has 0 bridgehead atoms. The number of piperazine rings is 1. The number of aryl methyl sites for hydroxylation is 1. The van der Waals surface area contributed by atoms with Crippen LogP contribution in [0.25, 0.3) is 0 Å². The first-order valence-corrected chi connectivity index (χ1v) is 6.01. The zero-order valence-corrected chi connectivity index (χ0v) is 10.5. The van der Waals surface area contributed by atoms with Gasteiger partial charge in [0.1, 0.15) is 0 Å². The van der Waals surface area contributed by atoms with Gasteiger partial charge in [-0.25, -0.2) is 0 Å². The zero-order valence-electron chi connectivity index (χ0n) is 10.5. The highest BCUT2D eigenvalue weighted by atomic mass is 16.5. The lowest BCUT2D eigenvalue weighted by atomic mass is 10.1. The monoisotopic (exact) mass is 236 g/mol. The van der Waals surface area contributed by atoms with E-state index in [0.29, 0.717) is 5.75 Å². The van der Waals surface area contributed by atoms with Crippen LogP contribution in [0.4, 0.5) is 0 Å². The molecule has 1 aliphatic rings. The number of nitrogens with zero attached hydrogens (tertiary/aromatic N) is 1. The van der Waals surface area contributed by atoms with Gasteiger partial charge in [0.2, 0.25) is 0 Å². The molecule has 2 N–H and O–H groups in total. The van der Waals surface area contributed by atoms with Crippen LogP contribution in [0.2, 0.25) is 0 Å². The normalized spacial score (nSPS) is 17.1. The molecule has 2 rings (SSSR count). The molecule has 1 aromatic carbocycles. The quantitative estimate of drug-likeness (QED) is 0.825. The molecule has 0 radical (unpaired) electrons. The summed E-state index contributed by atoms with van der Waals surface area (Å²) in [6.45, 7) is 6.90. The topological polar surface area (TPSA) is 44.7 Å². The van der Waals surface area contributed by atoms with Gasteiger partial charge < -0.3 is 15.2 Å². The van der Waals surface area contributed by atoms with Crippen molar-refractivity contribution in [2.75, 3.05) is 33.3 Å². The molecular formula is C13H20N2O2. The number of phenolic OH excluding ortho intramolecular Hbond substituents is 1. The summed E-state index contributed by atoms with van der Waals surface area (Å²) in [6.07, 6.45) is 0. The number of benzene rings is 1. The van der Waals surface area contributed by atoms with Crippen LogP contribution in [0.3, 0.4) is 0 Å². The van der Waals surface area contributed by atoms with Crippen molar-refractivity contribution in [1.82, 2.24) is 10.2 Å². The van der Waals surface area contributed by atoms with E-state index in [9.17, 15) is 5.11 Å². The van der Waals surface area contributed by atoms with Gasteiger partial charge >= 0.3 is 0 Å². The molecule has 4 nitrogen and oxygen atoms in total. The molecule has 0 spiro atoms. The maximum atomic E-state index is 10.1. The van der Waals surface area contributed by atoms with E-state index in [0.717, 1.165) is 43.9 Å². The van der Waals surface area contributed by atoms with Gasteiger partial charge in [-0.15, -0.1) is 0 Å². The van der Waals surface area contributed by atoms with E-state index >= 15 is 0 Å². The van der Waals surface area contributed by atoms with E-state index in [1.165, 1.54) is 0 Å². The molecule has 1 aromatic rings. The van der Waals surface area contributed by atoms with Crippen LogP contribution in [0, 0.1) is 6.92 Å². The molecule has 0 amide bonds. The number of hydrogen-bond acceptors (Lipinski definition) is 4. The minimum atomic E-state index is 0.283. The lowest BCUT2D eigenvalue weighted by Gasteiger charge is -2.28. The molecule has 0 aliphatic carbocycles. The fourth-order valence-corrected chi connectivity index (χ4v) is 2.17. The standard InChI is InChI=1S/C13H20N2O2/c1-10-3-4-12(17-2)13(16)11(10)9-15-7-5-14-6-8-15/h3-4,14,16H,5-9H2,1-2H3. The van der Waals surface area contributed by atoms with Crippen LogP contribution in [0.5, 0.6) is 11.5 Å². The number of nitrogens with one attached hydrogen (secondary N) is 1. The Kier molecular flexibility index (Phi) is 3.86. The molecule has 0 atom stereocenters. The lowest BCUT2D eigenvalue weighted by molar-refractivity contribution is 0.229. The SMILES string of the molecule is COc1ccc(C)c(CN2CCNCC2)c1O. The summed E-state index contributed by atoms with van der Waals surface area (Å²) in [5.41, 5.74) is 2.09. The Balaban J connectivity index is 2.18. The van der Waals surface area contributed by atoms with Crippen LogP contribution in [0.1, 0.15) is 11.1 Å². The predicted molar refractivity (Wildman–Crippen MR) is 67.5 cm³/mol. The van der Waals surface area contributed by atoms with E-state index in [1.807, 2.05) is 19.1 Å². The van der Waals surface area contributed by atoms with Crippen molar-refractivity contribution in [3.8, 4) is 11.5 Å². The highest BCUT2D eigenvalue weighted by molar-refractivity contribution is 5.49. The average Bonchev–Trinajstić information content (AvgIpc) is 2.36. The molecule has 17 heavy (non-hydrogen) atoms. The second-order valence-electron chi connectivity index (χ2n) is 4.44. The van der Waals surface area contributed by atoms with Crippen LogP contribution in [-0.4, -0.2) is 43.3 Å². The van der Waals surface area contributed by atoms with Crippen molar-refractivity contribution in [1.29, 1.82) is 0 Å². The Labute approximate surface area is 102 Å². The van der Waals surface area contributed by atoms with Gasteiger partial charge in [-0.3, -0.25) is 4.90 Å². The molecule has 0 saturated carbocycles. The molecule has 94 valence electrons. The first-order valence-electron chi connectivity index (χ1n) is 6.01. The largest absolute Gasteiger partial charge is 0.504 e. The first-order chi connectivity index (χ1) is 8.22. The van der Waals surface area contributed by atoms with Gasteiger partial charge in [-0.2, -0.15) is 0 Å². The van der Waals surface area contributed by atoms with Gasteiger partial charge in [-0.05, 0) is 18.6 Å². The predicted octanol–water partition coefficient (Wildman–Crippen LogP) is 1.11. The Morgan fingerprint density at radius 1 is 1.35 bits per heavy atom. The molecule has 1 aliphatic heterocycles. The third kappa shape index (κ3) is 2.70. The number of aromatic hydroxyl groups is 1. The number of rotatable bonds is 3. The van der Waals surface area contributed by atoms with Crippen LogP contribution >= 0.6 is 0 Å². The van der Waals surface area contributed by atoms with Gasteiger partial charge in [0.15, 0.2) is 11.5 Å². The van der Waals surface area contributed by atoms with Gasteiger partial charge in [0.05, 0.1) is 7.11 Å². The molecule has 0 aromatic heterocycles. The van der Waals surface area contributed by atoms with Crippen LogP contribution < -0.4 is 10.1 Å². The third-order valence-electron chi connectivity index (χ3n) is 3.29. The molecule has 1 fully saturated rings.